The Morgan fingerprint density at radius 3 is 2.94 bits per heavy atom. The van der Waals surface area contributed by atoms with E-state index in [2.05, 4.69) is 10.1 Å². The summed E-state index contributed by atoms with van der Waals surface area (Å²) in [6.45, 7) is 1.97. The van der Waals surface area contributed by atoms with E-state index in [0.717, 1.165) is 4.86 Å². The summed E-state index contributed by atoms with van der Waals surface area (Å²) >= 11 is 4.99. The molecule has 5 heteroatoms. The van der Waals surface area contributed by atoms with E-state index < -0.39 is 5.97 Å². The molecule has 1 rings (SSSR count). The summed E-state index contributed by atoms with van der Waals surface area (Å²) in [6.07, 6.45) is 5.78. The number of carbonyl (C=O) groups is 2. The lowest BCUT2D eigenvalue weighted by Gasteiger charge is -2.09. The minimum atomic E-state index is -0.525. The second-order valence-corrected chi connectivity index (χ2v) is 3.73. The van der Waals surface area contributed by atoms with Gasteiger partial charge in [0.05, 0.1) is 6.61 Å². The first-order valence-corrected chi connectivity index (χ1v) is 5.39. The van der Waals surface area contributed by atoms with Crippen molar-refractivity contribution in [1.82, 2.24) is 5.32 Å². The Morgan fingerprint density at radius 1 is 1.56 bits per heavy atom. The van der Waals surface area contributed by atoms with Crippen LogP contribution in [0.25, 0.3) is 0 Å². The molecule has 0 unspecified atom stereocenters. The molecule has 0 saturated carbocycles. The molecule has 16 heavy (non-hydrogen) atoms. The highest BCUT2D eigenvalue weighted by molar-refractivity contribution is 7.80. The number of amides is 1. The van der Waals surface area contributed by atoms with Crippen LogP contribution in [0.5, 0.6) is 0 Å². The molecule has 0 aromatic heterocycles. The predicted octanol–water partition coefficient (Wildman–Crippen LogP) is 1.27. The topological polar surface area (TPSA) is 55.4 Å². The van der Waals surface area contributed by atoms with Gasteiger partial charge in [-0.25, -0.2) is 0 Å². The van der Waals surface area contributed by atoms with E-state index in [9.17, 15) is 9.59 Å². The highest BCUT2D eigenvalue weighted by Gasteiger charge is 2.11. The molecule has 0 spiro atoms. The van der Waals surface area contributed by atoms with Crippen molar-refractivity contribution in [2.75, 3.05) is 6.61 Å². The zero-order valence-electron chi connectivity index (χ0n) is 8.99. The van der Waals surface area contributed by atoms with Crippen molar-refractivity contribution in [2.45, 2.75) is 19.8 Å². The Hall–Kier alpha value is -1.49. The Balaban J connectivity index is 2.43. The fraction of sp³-hybridized carbons (Fsp3) is 0.364. The molecule has 0 aromatic rings. The monoisotopic (exact) mass is 239 g/mol. The van der Waals surface area contributed by atoms with Gasteiger partial charge in [-0.05, 0) is 19.1 Å². The third-order valence-electron chi connectivity index (χ3n) is 1.83. The molecule has 4 nitrogen and oxygen atoms in total. The SMILES string of the molecule is CCOC(=O)CC(=O)NC1=CC(=S)CC=C1. The average molecular weight is 239 g/mol. The standard InChI is InChI=1S/C11H13NO3S/c1-2-15-11(14)7-10(13)12-8-4-3-5-9(16)6-8/h3-4,6H,2,5,7H2,1H3,(H,12,13). The molecular formula is C11H13NO3S. The molecule has 0 saturated heterocycles. The van der Waals surface area contributed by atoms with E-state index in [-0.39, 0.29) is 18.9 Å². The number of hydrogen-bond acceptors (Lipinski definition) is 4. The smallest absolute Gasteiger partial charge is 0.315 e. The van der Waals surface area contributed by atoms with Crippen molar-refractivity contribution >= 4 is 29.0 Å². The lowest BCUT2D eigenvalue weighted by atomic mass is 10.1. The Bertz CT molecular complexity index is 371. The number of ether oxygens (including phenoxy) is 1. The average Bonchev–Trinajstić information content (AvgIpc) is 2.17. The van der Waals surface area contributed by atoms with Gasteiger partial charge in [-0.2, -0.15) is 0 Å². The Morgan fingerprint density at radius 2 is 2.31 bits per heavy atom. The number of nitrogens with one attached hydrogen (secondary N) is 1. The molecule has 0 atom stereocenters. The Kier molecular flexibility index (Phi) is 4.85. The van der Waals surface area contributed by atoms with Gasteiger partial charge < -0.3 is 10.1 Å². The molecule has 0 aliphatic heterocycles. The van der Waals surface area contributed by atoms with Gasteiger partial charge in [0, 0.05) is 17.0 Å². The molecular weight excluding hydrogens is 226 g/mol. The van der Waals surface area contributed by atoms with Gasteiger partial charge in [0.1, 0.15) is 6.42 Å². The van der Waals surface area contributed by atoms with Gasteiger partial charge in [-0.1, -0.05) is 18.3 Å². The molecule has 86 valence electrons. The summed E-state index contributed by atoms with van der Waals surface area (Å²) in [7, 11) is 0. The third-order valence-corrected chi connectivity index (χ3v) is 2.11. The van der Waals surface area contributed by atoms with Gasteiger partial charge in [-0.3, -0.25) is 9.59 Å². The van der Waals surface area contributed by atoms with Crippen LogP contribution in [0.2, 0.25) is 0 Å². The number of allylic oxidation sites excluding steroid dienone is 3. The van der Waals surface area contributed by atoms with Crippen LogP contribution in [0, 0.1) is 0 Å². The van der Waals surface area contributed by atoms with E-state index in [1.807, 2.05) is 6.08 Å². The van der Waals surface area contributed by atoms with E-state index in [1.165, 1.54) is 0 Å². The minimum absolute atomic E-state index is 0.272. The van der Waals surface area contributed by atoms with Crippen LogP contribution in [-0.4, -0.2) is 23.3 Å². The van der Waals surface area contributed by atoms with Crippen LogP contribution in [0.15, 0.2) is 23.9 Å². The van der Waals surface area contributed by atoms with Crippen LogP contribution in [0.3, 0.4) is 0 Å². The first-order valence-electron chi connectivity index (χ1n) is 4.98. The largest absolute Gasteiger partial charge is 0.466 e. The molecule has 0 radical (unpaired) electrons. The van der Waals surface area contributed by atoms with Gasteiger partial charge in [0.15, 0.2) is 0 Å². The summed E-state index contributed by atoms with van der Waals surface area (Å²) in [5.74, 6) is -0.915. The van der Waals surface area contributed by atoms with Crippen molar-refractivity contribution in [3.8, 4) is 0 Å². The number of hydrogen-bond donors (Lipinski definition) is 1. The Labute approximate surface area is 99.3 Å². The summed E-state index contributed by atoms with van der Waals surface area (Å²) in [5.41, 5.74) is 0.616. The molecule has 1 aliphatic rings. The highest BCUT2D eigenvalue weighted by Crippen LogP contribution is 2.05. The maximum atomic E-state index is 11.4. The predicted molar refractivity (Wildman–Crippen MR) is 63.8 cm³/mol. The van der Waals surface area contributed by atoms with Gasteiger partial charge >= 0.3 is 5.97 Å². The summed E-state index contributed by atoms with van der Waals surface area (Å²) < 4.78 is 4.66. The summed E-state index contributed by atoms with van der Waals surface area (Å²) in [6, 6.07) is 0. The van der Waals surface area contributed by atoms with Crippen LogP contribution in [0.1, 0.15) is 19.8 Å². The maximum absolute atomic E-state index is 11.4. The van der Waals surface area contributed by atoms with Crippen molar-refractivity contribution in [3.05, 3.63) is 23.9 Å². The van der Waals surface area contributed by atoms with Crippen molar-refractivity contribution in [2.24, 2.45) is 0 Å². The van der Waals surface area contributed by atoms with Crippen molar-refractivity contribution in [3.63, 3.8) is 0 Å². The second kappa shape index (κ2) is 6.17. The summed E-state index contributed by atoms with van der Waals surface area (Å²) in [5, 5.41) is 2.59. The molecule has 0 heterocycles. The fourth-order valence-corrected chi connectivity index (χ4v) is 1.43. The van der Waals surface area contributed by atoms with Crippen LogP contribution in [-0.2, 0) is 14.3 Å². The molecule has 1 amide bonds. The third kappa shape index (κ3) is 4.35. The maximum Gasteiger partial charge on any atom is 0.315 e. The molecule has 0 aromatic carbocycles. The molecule has 1 N–H and O–H groups in total. The summed E-state index contributed by atoms with van der Waals surface area (Å²) in [4.78, 5) is 23.1. The lowest BCUT2D eigenvalue weighted by molar-refractivity contribution is -0.145. The normalized spacial score (nSPS) is 14.3. The van der Waals surface area contributed by atoms with Crippen LogP contribution in [0.4, 0.5) is 0 Å². The van der Waals surface area contributed by atoms with Gasteiger partial charge in [0.25, 0.3) is 0 Å². The van der Waals surface area contributed by atoms with Crippen LogP contribution >= 0.6 is 12.2 Å². The minimum Gasteiger partial charge on any atom is -0.466 e. The first kappa shape index (κ1) is 12.6. The quantitative estimate of drug-likeness (QED) is 0.456. The number of thiocarbonyl (C=S) groups is 1. The fourth-order valence-electron chi connectivity index (χ4n) is 1.21. The second-order valence-electron chi connectivity index (χ2n) is 3.20. The lowest BCUT2D eigenvalue weighted by Crippen LogP contribution is -2.26. The van der Waals surface area contributed by atoms with Gasteiger partial charge in [-0.15, -0.1) is 0 Å². The van der Waals surface area contributed by atoms with Gasteiger partial charge in [0.2, 0.25) is 5.91 Å². The van der Waals surface area contributed by atoms with E-state index in [0.29, 0.717) is 12.1 Å². The van der Waals surface area contributed by atoms with E-state index in [1.54, 1.807) is 19.1 Å². The molecule has 0 bridgehead atoms. The number of rotatable bonds is 4. The van der Waals surface area contributed by atoms with Crippen molar-refractivity contribution < 1.29 is 14.3 Å². The van der Waals surface area contributed by atoms with E-state index >= 15 is 0 Å². The number of carbonyl (C=O) groups excluding carboxylic acids is 2. The zero-order chi connectivity index (χ0) is 12.0. The number of esters is 1. The molecule has 0 fully saturated rings. The molecule has 1 aliphatic carbocycles. The van der Waals surface area contributed by atoms with Crippen LogP contribution < -0.4 is 5.32 Å². The zero-order valence-corrected chi connectivity index (χ0v) is 9.80. The highest BCUT2D eigenvalue weighted by atomic mass is 32.1. The first-order chi connectivity index (χ1) is 7.61. The van der Waals surface area contributed by atoms with E-state index in [4.69, 9.17) is 12.2 Å². The van der Waals surface area contributed by atoms with Crippen molar-refractivity contribution in [1.29, 1.82) is 0 Å².